The lowest BCUT2D eigenvalue weighted by molar-refractivity contribution is -0.401. The summed E-state index contributed by atoms with van der Waals surface area (Å²) in [7, 11) is 7.42. The quantitative estimate of drug-likeness (QED) is 0.323. The molecule has 238 valence electrons. The molecule has 0 saturated carbocycles. The van der Waals surface area contributed by atoms with Crippen molar-refractivity contribution in [2.75, 3.05) is 33.2 Å². The van der Waals surface area contributed by atoms with Gasteiger partial charge in [0.15, 0.2) is 5.71 Å². The number of hydrogen-bond donors (Lipinski definition) is 2. The molecule has 3 aliphatic heterocycles. The lowest BCUT2D eigenvalue weighted by atomic mass is 9.81. The van der Waals surface area contributed by atoms with E-state index in [1.54, 1.807) is 14.2 Å². The van der Waals surface area contributed by atoms with Crippen molar-refractivity contribution in [2.45, 2.75) is 51.4 Å². The second-order valence-corrected chi connectivity index (χ2v) is 13.3. The summed E-state index contributed by atoms with van der Waals surface area (Å²) in [6, 6.07) is 11.4. The maximum Gasteiger partial charge on any atom is 0.328 e. The van der Waals surface area contributed by atoms with Gasteiger partial charge in [0.25, 0.3) is 0 Å². The molecule has 0 unspecified atom stereocenters. The minimum Gasteiger partial charge on any atom is -0.497 e. The Morgan fingerprint density at radius 3 is 2.13 bits per heavy atom. The minimum absolute atomic E-state index is 0.306. The van der Waals surface area contributed by atoms with Crippen LogP contribution in [0.5, 0.6) is 11.5 Å². The van der Waals surface area contributed by atoms with E-state index < -0.39 is 23.8 Å². The van der Waals surface area contributed by atoms with Crippen LogP contribution in [0.25, 0.3) is 0 Å². The van der Waals surface area contributed by atoms with Crippen molar-refractivity contribution >= 4 is 34.9 Å². The summed E-state index contributed by atoms with van der Waals surface area (Å²) in [6.45, 7) is 8.71. The molecule has 46 heavy (non-hydrogen) atoms. The Kier molecular flexibility index (Phi) is 7.54. The minimum atomic E-state index is -1.14. The lowest BCUT2D eigenvalue weighted by Crippen LogP contribution is -2.56. The van der Waals surface area contributed by atoms with E-state index >= 15 is 0 Å². The number of urea groups is 1. The molecule has 6 rings (SSSR count). The summed E-state index contributed by atoms with van der Waals surface area (Å²) in [6.07, 6.45) is 9.55. The van der Waals surface area contributed by atoms with Gasteiger partial charge in [-0.1, -0.05) is 26.0 Å². The summed E-state index contributed by atoms with van der Waals surface area (Å²) in [4.78, 5) is 40.6. The van der Waals surface area contributed by atoms with Crippen molar-refractivity contribution in [1.29, 1.82) is 0 Å². The van der Waals surface area contributed by atoms with Crippen molar-refractivity contribution in [3.05, 3.63) is 94.2 Å². The third-order valence-corrected chi connectivity index (χ3v) is 10.0. The monoisotopic (exact) mass is 621 g/mol. The highest BCUT2D eigenvalue weighted by Gasteiger charge is 2.44. The van der Waals surface area contributed by atoms with Gasteiger partial charge in [0.2, 0.25) is 17.5 Å². The zero-order chi connectivity index (χ0) is 33.1. The fraction of sp³-hybridized carbons (Fsp3) is 0.351. The number of fused-ring (bicyclic) bond motifs is 2. The van der Waals surface area contributed by atoms with Gasteiger partial charge in [-0.15, -0.1) is 0 Å². The number of likely N-dealkylation sites (N-methyl/N-ethyl adjacent to an activating group) is 1. The predicted octanol–water partition coefficient (Wildman–Crippen LogP) is 5.58. The summed E-state index contributed by atoms with van der Waals surface area (Å²) in [5, 5.41) is 4.60. The predicted molar refractivity (Wildman–Crippen MR) is 178 cm³/mol. The smallest absolute Gasteiger partial charge is 0.328 e. The molecule has 4 aliphatic rings. The molecule has 0 atom stereocenters. The van der Waals surface area contributed by atoms with Crippen LogP contribution in [0.15, 0.2) is 83.1 Å². The molecule has 2 N–H and O–H groups in total. The van der Waals surface area contributed by atoms with Crippen molar-refractivity contribution < 1.29 is 28.4 Å². The van der Waals surface area contributed by atoms with Crippen LogP contribution in [-0.2, 0) is 20.4 Å². The number of anilines is 1. The number of amides is 4. The number of carbonyl (C=O) groups excluding carboxylic acids is 3. The second-order valence-electron chi connectivity index (χ2n) is 13.3. The Hall–Kier alpha value is -4.92. The molecular formula is C37H41N4O5+. The average molecular weight is 622 g/mol. The second kappa shape index (κ2) is 11.2. The molecule has 0 radical (unpaired) electrons. The molecule has 1 fully saturated rings. The summed E-state index contributed by atoms with van der Waals surface area (Å²) in [5.74, 6) is -0.757. The first-order chi connectivity index (χ1) is 21.8. The van der Waals surface area contributed by atoms with E-state index in [2.05, 4.69) is 84.2 Å². The van der Waals surface area contributed by atoms with E-state index in [4.69, 9.17) is 9.47 Å². The van der Waals surface area contributed by atoms with Crippen LogP contribution in [0.2, 0.25) is 0 Å². The molecule has 4 amide bonds. The zero-order valence-electron chi connectivity index (χ0n) is 27.7. The van der Waals surface area contributed by atoms with Crippen LogP contribution in [-0.4, -0.2) is 56.4 Å². The molecular weight excluding hydrogens is 580 g/mol. The highest BCUT2D eigenvalue weighted by atomic mass is 16.5. The third kappa shape index (κ3) is 4.85. The van der Waals surface area contributed by atoms with Gasteiger partial charge < -0.3 is 14.4 Å². The Bertz CT molecular complexity index is 1840. The number of methoxy groups -OCH3 is 2. The molecule has 0 spiro atoms. The molecule has 3 heterocycles. The Morgan fingerprint density at radius 2 is 1.48 bits per heavy atom. The van der Waals surface area contributed by atoms with E-state index in [-0.39, 0.29) is 10.8 Å². The molecule has 1 saturated heterocycles. The van der Waals surface area contributed by atoms with Crippen molar-refractivity contribution in [3.63, 3.8) is 0 Å². The van der Waals surface area contributed by atoms with Crippen LogP contribution in [0.1, 0.15) is 51.7 Å². The normalized spacial score (nSPS) is 22.3. The van der Waals surface area contributed by atoms with Gasteiger partial charge in [-0.25, -0.2) is 4.79 Å². The van der Waals surface area contributed by atoms with Gasteiger partial charge in [0.1, 0.15) is 24.5 Å². The fourth-order valence-corrected chi connectivity index (χ4v) is 7.49. The van der Waals surface area contributed by atoms with E-state index in [1.807, 2.05) is 38.4 Å². The maximum absolute atomic E-state index is 13.2. The average Bonchev–Trinajstić information content (AvgIpc) is 3.55. The van der Waals surface area contributed by atoms with Gasteiger partial charge >= 0.3 is 6.03 Å². The lowest BCUT2D eigenvalue weighted by Gasteiger charge is -2.25. The number of nitrogens with one attached hydrogen (secondary N) is 2. The summed E-state index contributed by atoms with van der Waals surface area (Å²) < 4.78 is 13.2. The molecule has 2 aromatic rings. The molecule has 2 aromatic carbocycles. The summed E-state index contributed by atoms with van der Waals surface area (Å²) in [5.41, 5.74) is 8.51. The molecule has 9 nitrogen and oxygen atoms in total. The number of nitrogens with zero attached hydrogens (tertiary/aromatic N) is 2. The first-order valence-corrected chi connectivity index (χ1v) is 15.5. The maximum atomic E-state index is 13.2. The summed E-state index contributed by atoms with van der Waals surface area (Å²) >= 11 is 0. The number of benzene rings is 2. The Labute approximate surface area is 270 Å². The van der Waals surface area contributed by atoms with Crippen LogP contribution in [0, 0.1) is 5.92 Å². The van der Waals surface area contributed by atoms with Gasteiger partial charge in [-0.3, -0.25) is 20.2 Å². The number of carbonyl (C=O) groups is 3. The fourth-order valence-electron chi connectivity index (χ4n) is 7.49. The molecule has 0 aromatic heterocycles. The standard InChI is InChI=1S/C37H40N4O5/c1-36(2)25-19-23(45-7)13-15-27(25)40(5)29(36)17-11-21-9-10-22(31(21)32-33(42)38-35(44)39-34(32)43)12-18-30-37(3,4)26-20-24(46-8)14-16-28(26)41(30)6/h11-20,32H,9-10H2,1-8H3,(H-,38,39,42,43,44)/p+1. The van der Waals surface area contributed by atoms with Gasteiger partial charge in [-0.05, 0) is 85.4 Å². The van der Waals surface area contributed by atoms with E-state index in [0.29, 0.717) is 18.4 Å². The van der Waals surface area contributed by atoms with Gasteiger partial charge in [-0.2, -0.15) is 4.58 Å². The number of hydrogen-bond acceptors (Lipinski definition) is 6. The topological polar surface area (TPSA) is 100.0 Å². The molecule has 0 bridgehead atoms. The zero-order valence-corrected chi connectivity index (χ0v) is 27.7. The van der Waals surface area contributed by atoms with Crippen molar-refractivity contribution in [3.8, 4) is 11.5 Å². The van der Waals surface area contributed by atoms with Gasteiger partial charge in [0, 0.05) is 41.6 Å². The van der Waals surface area contributed by atoms with E-state index in [1.165, 1.54) is 0 Å². The SMILES string of the molecule is COc1ccc2c(c1)C(C)(C)C(=CC=C1CCC(C=CC3=[N+](C)c4ccc(OC)cc4C3(C)C)=C1C1C(=O)NC(=O)NC1=O)N2C. The van der Waals surface area contributed by atoms with Crippen LogP contribution in [0.4, 0.5) is 16.2 Å². The van der Waals surface area contributed by atoms with Crippen LogP contribution in [0.3, 0.4) is 0 Å². The first-order valence-electron chi connectivity index (χ1n) is 15.5. The number of barbiturate groups is 1. The van der Waals surface area contributed by atoms with Crippen molar-refractivity contribution in [2.24, 2.45) is 5.92 Å². The molecule has 1 aliphatic carbocycles. The van der Waals surface area contributed by atoms with E-state index in [9.17, 15) is 14.4 Å². The highest BCUT2D eigenvalue weighted by molar-refractivity contribution is 6.18. The highest BCUT2D eigenvalue weighted by Crippen LogP contribution is 2.49. The number of ether oxygens (including phenoxy) is 2. The Morgan fingerprint density at radius 1 is 0.848 bits per heavy atom. The van der Waals surface area contributed by atoms with Gasteiger partial charge in [0.05, 0.1) is 19.6 Å². The number of allylic oxidation sites excluding steroid dienone is 7. The van der Waals surface area contributed by atoms with Crippen LogP contribution >= 0.6 is 0 Å². The largest absolute Gasteiger partial charge is 0.497 e. The van der Waals surface area contributed by atoms with E-state index in [0.717, 1.165) is 56.6 Å². The number of rotatable bonds is 6. The first kappa shape index (κ1) is 31.1. The number of imide groups is 2. The van der Waals surface area contributed by atoms with Crippen LogP contribution < -0.4 is 25.0 Å². The van der Waals surface area contributed by atoms with Crippen molar-refractivity contribution in [1.82, 2.24) is 10.6 Å². The third-order valence-electron chi connectivity index (χ3n) is 10.0. The molecule has 9 heteroatoms. The Balaban J connectivity index is 1.42.